The van der Waals surface area contributed by atoms with Gasteiger partial charge in [0.05, 0.1) is 0 Å². The number of furan rings is 1. The summed E-state index contributed by atoms with van der Waals surface area (Å²) in [6, 6.07) is 6.17. The maximum atomic E-state index is 10.7. The normalized spacial score (nSPS) is 12.9. The van der Waals surface area contributed by atoms with Gasteiger partial charge in [0.25, 0.3) is 0 Å². The van der Waals surface area contributed by atoms with Crippen LogP contribution in [0.1, 0.15) is 17.4 Å². The number of nitrogens with two attached hydrogens (primary N) is 1. The number of carboxylic acid groups (broad SMARTS) is 1. The zero-order valence-corrected chi connectivity index (χ0v) is 8.23. The molecular formula is C11H11NO3. The van der Waals surface area contributed by atoms with Crippen molar-refractivity contribution >= 4 is 16.9 Å². The van der Waals surface area contributed by atoms with Crippen molar-refractivity contribution in [2.75, 3.05) is 0 Å². The van der Waals surface area contributed by atoms with E-state index in [2.05, 4.69) is 0 Å². The Morgan fingerprint density at radius 3 is 2.87 bits per heavy atom. The van der Waals surface area contributed by atoms with Gasteiger partial charge in [0, 0.05) is 5.39 Å². The van der Waals surface area contributed by atoms with Gasteiger partial charge in [-0.1, -0.05) is 12.1 Å². The van der Waals surface area contributed by atoms with Crippen LogP contribution in [0.25, 0.3) is 11.0 Å². The summed E-state index contributed by atoms with van der Waals surface area (Å²) in [4.78, 5) is 10.7. The van der Waals surface area contributed by atoms with E-state index in [-0.39, 0.29) is 5.76 Å². The number of fused-ring (bicyclic) bond motifs is 1. The molecule has 0 aliphatic heterocycles. The van der Waals surface area contributed by atoms with E-state index in [9.17, 15) is 4.79 Å². The number of hydrogen-bond acceptors (Lipinski definition) is 3. The molecule has 0 spiro atoms. The molecule has 0 fully saturated rings. The van der Waals surface area contributed by atoms with Gasteiger partial charge >= 0.3 is 5.97 Å². The lowest BCUT2D eigenvalue weighted by atomic mass is 10.1. The van der Waals surface area contributed by atoms with Gasteiger partial charge in [0.2, 0.25) is 0 Å². The van der Waals surface area contributed by atoms with Crippen LogP contribution in [0.5, 0.6) is 0 Å². The summed E-state index contributed by atoms with van der Waals surface area (Å²) in [5.74, 6) is -0.807. The predicted octanol–water partition coefficient (Wildman–Crippen LogP) is 1.83. The molecule has 1 aromatic carbocycles. The molecule has 1 aromatic heterocycles. The van der Waals surface area contributed by atoms with Gasteiger partial charge in [-0.05, 0) is 24.6 Å². The topological polar surface area (TPSA) is 76.5 Å². The average Bonchev–Trinajstić information content (AvgIpc) is 2.61. The minimum atomic E-state index is -1.10. The summed E-state index contributed by atoms with van der Waals surface area (Å²) < 4.78 is 5.37. The van der Waals surface area contributed by atoms with Crippen molar-refractivity contribution in [2.45, 2.75) is 13.0 Å². The number of carboxylic acids is 1. The molecule has 0 aliphatic rings. The maximum absolute atomic E-state index is 10.7. The Balaban J connectivity index is 2.56. The van der Waals surface area contributed by atoms with Crippen LogP contribution in [0.15, 0.2) is 28.7 Å². The molecule has 78 valence electrons. The second kappa shape index (κ2) is 3.40. The molecule has 0 bridgehead atoms. The minimum absolute atomic E-state index is 0.284. The Hall–Kier alpha value is -1.81. The lowest BCUT2D eigenvalue weighted by molar-refractivity contribution is -0.139. The largest absolute Gasteiger partial charge is 0.480 e. The van der Waals surface area contributed by atoms with Crippen LogP contribution >= 0.6 is 0 Å². The highest BCUT2D eigenvalue weighted by Crippen LogP contribution is 2.25. The molecule has 4 heteroatoms. The van der Waals surface area contributed by atoms with E-state index in [4.69, 9.17) is 15.3 Å². The molecule has 0 amide bonds. The van der Waals surface area contributed by atoms with Crippen molar-refractivity contribution in [3.63, 3.8) is 0 Å². The average molecular weight is 205 g/mol. The van der Waals surface area contributed by atoms with Crippen LogP contribution in [-0.2, 0) is 4.79 Å². The molecule has 15 heavy (non-hydrogen) atoms. The highest BCUT2D eigenvalue weighted by Gasteiger charge is 2.19. The smallest absolute Gasteiger partial charge is 0.328 e. The number of hydrogen-bond donors (Lipinski definition) is 2. The van der Waals surface area contributed by atoms with Crippen LogP contribution in [0.2, 0.25) is 0 Å². The zero-order chi connectivity index (χ0) is 11.0. The lowest BCUT2D eigenvalue weighted by Crippen LogP contribution is -2.19. The third kappa shape index (κ3) is 1.59. The van der Waals surface area contributed by atoms with Gasteiger partial charge in [0.15, 0.2) is 6.04 Å². The number of aliphatic carboxylic acids is 1. The van der Waals surface area contributed by atoms with Gasteiger partial charge in [-0.3, -0.25) is 4.79 Å². The van der Waals surface area contributed by atoms with Gasteiger partial charge in [-0.25, -0.2) is 0 Å². The predicted molar refractivity (Wildman–Crippen MR) is 55.5 cm³/mol. The summed E-state index contributed by atoms with van der Waals surface area (Å²) in [6.07, 6.45) is 0. The SMILES string of the molecule is Cc1cccc2oc(C(N)C(=O)O)cc12. The fourth-order valence-corrected chi connectivity index (χ4v) is 1.50. The van der Waals surface area contributed by atoms with E-state index in [1.165, 1.54) is 0 Å². The molecular weight excluding hydrogens is 194 g/mol. The van der Waals surface area contributed by atoms with Crippen LogP contribution in [-0.4, -0.2) is 11.1 Å². The molecule has 2 rings (SSSR count). The van der Waals surface area contributed by atoms with E-state index < -0.39 is 12.0 Å². The van der Waals surface area contributed by atoms with Crippen molar-refractivity contribution in [1.29, 1.82) is 0 Å². The summed E-state index contributed by atoms with van der Waals surface area (Å²) in [5, 5.41) is 9.65. The van der Waals surface area contributed by atoms with Crippen LogP contribution in [0.4, 0.5) is 0 Å². The Bertz CT molecular complexity index is 516. The third-order valence-electron chi connectivity index (χ3n) is 2.37. The molecule has 0 saturated heterocycles. The summed E-state index contributed by atoms with van der Waals surface area (Å²) in [6.45, 7) is 1.94. The van der Waals surface area contributed by atoms with E-state index >= 15 is 0 Å². The van der Waals surface area contributed by atoms with E-state index in [1.807, 2.05) is 19.1 Å². The molecule has 4 nitrogen and oxygen atoms in total. The van der Waals surface area contributed by atoms with Crippen molar-refractivity contribution < 1.29 is 14.3 Å². The summed E-state index contributed by atoms with van der Waals surface area (Å²) in [5.41, 5.74) is 7.17. The first kappa shape index (κ1) is 9.73. The first-order chi connectivity index (χ1) is 7.09. The van der Waals surface area contributed by atoms with Crippen molar-refractivity contribution in [3.05, 3.63) is 35.6 Å². The minimum Gasteiger partial charge on any atom is -0.480 e. The highest BCUT2D eigenvalue weighted by atomic mass is 16.4. The number of carbonyl (C=O) groups is 1. The van der Waals surface area contributed by atoms with Gasteiger partial charge < -0.3 is 15.3 Å². The van der Waals surface area contributed by atoms with Crippen LogP contribution in [0, 0.1) is 6.92 Å². The molecule has 1 unspecified atom stereocenters. The van der Waals surface area contributed by atoms with E-state index in [0.29, 0.717) is 5.58 Å². The van der Waals surface area contributed by atoms with Crippen LogP contribution in [0.3, 0.4) is 0 Å². The molecule has 0 saturated carbocycles. The Kier molecular flexibility index (Phi) is 2.21. The van der Waals surface area contributed by atoms with E-state index in [1.54, 1.807) is 12.1 Å². The first-order valence-corrected chi connectivity index (χ1v) is 4.57. The molecule has 0 radical (unpaired) electrons. The second-order valence-electron chi connectivity index (χ2n) is 3.45. The fraction of sp³-hybridized carbons (Fsp3) is 0.182. The molecule has 2 aromatic rings. The Morgan fingerprint density at radius 2 is 2.27 bits per heavy atom. The van der Waals surface area contributed by atoms with Gasteiger partial charge in [-0.2, -0.15) is 0 Å². The van der Waals surface area contributed by atoms with Crippen molar-refractivity contribution in [1.82, 2.24) is 0 Å². The number of benzene rings is 1. The Labute approximate surface area is 86.3 Å². The van der Waals surface area contributed by atoms with E-state index in [0.717, 1.165) is 10.9 Å². The third-order valence-corrected chi connectivity index (χ3v) is 2.37. The molecule has 0 aliphatic carbocycles. The van der Waals surface area contributed by atoms with Crippen molar-refractivity contribution in [3.8, 4) is 0 Å². The standard InChI is InChI=1S/C11H11NO3/c1-6-3-2-4-8-7(6)5-9(15-8)10(12)11(13)14/h2-5,10H,12H2,1H3,(H,13,14). The highest BCUT2D eigenvalue weighted by molar-refractivity contribution is 5.83. The first-order valence-electron chi connectivity index (χ1n) is 4.57. The lowest BCUT2D eigenvalue weighted by Gasteiger charge is -1.99. The summed E-state index contributed by atoms with van der Waals surface area (Å²) in [7, 11) is 0. The zero-order valence-electron chi connectivity index (χ0n) is 8.23. The Morgan fingerprint density at radius 1 is 1.53 bits per heavy atom. The quantitative estimate of drug-likeness (QED) is 0.784. The molecule has 1 heterocycles. The molecule has 3 N–H and O–H groups in total. The monoisotopic (exact) mass is 205 g/mol. The van der Waals surface area contributed by atoms with Crippen LogP contribution < -0.4 is 5.73 Å². The van der Waals surface area contributed by atoms with Gasteiger partial charge in [-0.15, -0.1) is 0 Å². The molecule has 1 atom stereocenters. The maximum Gasteiger partial charge on any atom is 0.328 e. The summed E-state index contributed by atoms with van der Waals surface area (Å²) >= 11 is 0. The van der Waals surface area contributed by atoms with Crippen molar-refractivity contribution in [2.24, 2.45) is 5.73 Å². The number of aryl methyl sites for hydroxylation is 1. The second-order valence-corrected chi connectivity index (χ2v) is 3.45. The number of rotatable bonds is 2. The van der Waals surface area contributed by atoms with Gasteiger partial charge in [0.1, 0.15) is 11.3 Å². The fourth-order valence-electron chi connectivity index (χ4n) is 1.50.